The molecule has 1 aliphatic heterocycles. The third-order valence-corrected chi connectivity index (χ3v) is 5.04. The number of amides is 1. The van der Waals surface area contributed by atoms with E-state index in [4.69, 9.17) is 0 Å². The molecule has 2 atom stereocenters. The van der Waals surface area contributed by atoms with Crippen molar-refractivity contribution in [2.75, 3.05) is 25.5 Å². The molecular formula is C16H23N3O2. The minimum atomic E-state index is -0.543. The number of anilines is 1. The first-order chi connectivity index (χ1) is 10.1. The standard InChI is InChI=1S/C16H23N3O2/c1-17-14-10-18-8-5-13(14)15(20)19-9-7-16(21)6-3-2-4-12(16)11-19/h5,8,10,12,17,21H,2-4,6-7,9,11H2,1H3. The average Bonchev–Trinajstić information content (AvgIpc) is 2.53. The van der Waals surface area contributed by atoms with Gasteiger partial charge in [0.1, 0.15) is 0 Å². The highest BCUT2D eigenvalue weighted by Gasteiger charge is 2.43. The van der Waals surface area contributed by atoms with Gasteiger partial charge in [-0.1, -0.05) is 12.8 Å². The zero-order valence-electron chi connectivity index (χ0n) is 12.5. The molecule has 0 radical (unpaired) electrons. The van der Waals surface area contributed by atoms with Crippen molar-refractivity contribution >= 4 is 11.6 Å². The minimum absolute atomic E-state index is 0.0365. The van der Waals surface area contributed by atoms with E-state index in [1.165, 1.54) is 0 Å². The fraction of sp³-hybridized carbons (Fsp3) is 0.625. The summed E-state index contributed by atoms with van der Waals surface area (Å²) in [6.45, 7) is 1.30. The minimum Gasteiger partial charge on any atom is -0.389 e. The van der Waals surface area contributed by atoms with E-state index < -0.39 is 5.60 Å². The second-order valence-corrected chi connectivity index (χ2v) is 6.22. The lowest BCUT2D eigenvalue weighted by Gasteiger charge is -2.47. The van der Waals surface area contributed by atoms with Crippen molar-refractivity contribution in [3.8, 4) is 0 Å². The van der Waals surface area contributed by atoms with Crippen LogP contribution in [0.15, 0.2) is 18.5 Å². The SMILES string of the molecule is CNc1cnccc1C(=O)N1CCC2(O)CCCCC2C1. The van der Waals surface area contributed by atoms with E-state index in [1.54, 1.807) is 25.5 Å². The smallest absolute Gasteiger partial charge is 0.256 e. The second-order valence-electron chi connectivity index (χ2n) is 6.22. The third-order valence-electron chi connectivity index (χ3n) is 5.04. The van der Waals surface area contributed by atoms with Gasteiger partial charge in [0.05, 0.1) is 23.0 Å². The van der Waals surface area contributed by atoms with Crippen molar-refractivity contribution in [2.24, 2.45) is 5.92 Å². The number of carbonyl (C=O) groups excluding carboxylic acids is 1. The molecular weight excluding hydrogens is 266 g/mol. The van der Waals surface area contributed by atoms with E-state index in [2.05, 4.69) is 10.3 Å². The Balaban J connectivity index is 1.77. The molecule has 1 amide bonds. The van der Waals surface area contributed by atoms with Gasteiger partial charge in [-0.3, -0.25) is 9.78 Å². The number of pyridine rings is 1. The lowest BCUT2D eigenvalue weighted by molar-refractivity contribution is -0.0886. The molecule has 2 unspecified atom stereocenters. The summed E-state index contributed by atoms with van der Waals surface area (Å²) >= 11 is 0. The number of aromatic nitrogens is 1. The average molecular weight is 289 g/mol. The number of fused-ring (bicyclic) bond motifs is 1. The van der Waals surface area contributed by atoms with Gasteiger partial charge in [0.15, 0.2) is 0 Å². The number of hydrogen-bond donors (Lipinski definition) is 2. The van der Waals surface area contributed by atoms with Crippen LogP contribution in [0.4, 0.5) is 5.69 Å². The predicted octanol–water partition coefficient (Wildman–Crippen LogP) is 1.89. The van der Waals surface area contributed by atoms with Crippen LogP contribution in [0, 0.1) is 5.92 Å². The van der Waals surface area contributed by atoms with Crippen LogP contribution < -0.4 is 5.32 Å². The molecule has 114 valence electrons. The molecule has 2 heterocycles. The number of piperidine rings is 1. The van der Waals surface area contributed by atoms with Crippen molar-refractivity contribution < 1.29 is 9.90 Å². The van der Waals surface area contributed by atoms with Crippen LogP contribution >= 0.6 is 0 Å². The van der Waals surface area contributed by atoms with Crippen molar-refractivity contribution in [3.63, 3.8) is 0 Å². The van der Waals surface area contributed by atoms with Crippen molar-refractivity contribution in [2.45, 2.75) is 37.7 Å². The van der Waals surface area contributed by atoms with E-state index in [0.717, 1.165) is 31.4 Å². The van der Waals surface area contributed by atoms with E-state index >= 15 is 0 Å². The predicted molar refractivity (Wildman–Crippen MR) is 81.2 cm³/mol. The Hall–Kier alpha value is -1.62. The lowest BCUT2D eigenvalue weighted by atomic mass is 9.71. The molecule has 5 nitrogen and oxygen atoms in total. The first-order valence-corrected chi connectivity index (χ1v) is 7.77. The Labute approximate surface area is 125 Å². The van der Waals surface area contributed by atoms with Crippen LogP contribution in [0.25, 0.3) is 0 Å². The highest BCUT2D eigenvalue weighted by Crippen LogP contribution is 2.40. The van der Waals surface area contributed by atoms with Crippen molar-refractivity contribution in [1.29, 1.82) is 0 Å². The maximum absolute atomic E-state index is 12.7. The number of likely N-dealkylation sites (tertiary alicyclic amines) is 1. The van der Waals surface area contributed by atoms with Gasteiger partial charge in [-0.2, -0.15) is 0 Å². The molecule has 2 aliphatic rings. The molecule has 21 heavy (non-hydrogen) atoms. The Morgan fingerprint density at radius 1 is 1.48 bits per heavy atom. The first kappa shape index (κ1) is 14.3. The van der Waals surface area contributed by atoms with E-state index in [-0.39, 0.29) is 11.8 Å². The molecule has 2 N–H and O–H groups in total. The zero-order chi connectivity index (χ0) is 14.9. The van der Waals surface area contributed by atoms with Crippen molar-refractivity contribution in [3.05, 3.63) is 24.0 Å². The summed E-state index contributed by atoms with van der Waals surface area (Å²) in [5.41, 5.74) is 0.875. The normalized spacial score (nSPS) is 28.9. The van der Waals surface area contributed by atoms with Gasteiger partial charge in [0.2, 0.25) is 0 Å². The Morgan fingerprint density at radius 3 is 3.14 bits per heavy atom. The molecule has 0 spiro atoms. The topological polar surface area (TPSA) is 65.5 Å². The maximum Gasteiger partial charge on any atom is 0.256 e. The Morgan fingerprint density at radius 2 is 2.33 bits per heavy atom. The van der Waals surface area contributed by atoms with Crippen molar-refractivity contribution in [1.82, 2.24) is 9.88 Å². The molecule has 0 aromatic carbocycles. The van der Waals surface area contributed by atoms with E-state index in [9.17, 15) is 9.90 Å². The summed E-state index contributed by atoms with van der Waals surface area (Å²) in [5, 5.41) is 13.7. The quantitative estimate of drug-likeness (QED) is 0.872. The van der Waals surface area contributed by atoms with Crippen LogP contribution in [0.1, 0.15) is 42.5 Å². The number of hydrogen-bond acceptors (Lipinski definition) is 4. The van der Waals surface area contributed by atoms with Crippen LogP contribution in [-0.2, 0) is 0 Å². The summed E-state index contributed by atoms with van der Waals surface area (Å²) in [7, 11) is 1.80. The van der Waals surface area contributed by atoms with Gasteiger partial charge in [0, 0.05) is 32.3 Å². The summed E-state index contributed by atoms with van der Waals surface area (Å²) in [6, 6.07) is 1.76. The van der Waals surface area contributed by atoms with Gasteiger partial charge < -0.3 is 15.3 Å². The molecule has 1 saturated heterocycles. The molecule has 1 aliphatic carbocycles. The van der Waals surface area contributed by atoms with Gasteiger partial charge in [-0.05, 0) is 25.3 Å². The maximum atomic E-state index is 12.7. The zero-order valence-corrected chi connectivity index (χ0v) is 12.5. The number of nitrogens with zero attached hydrogens (tertiary/aromatic N) is 2. The second kappa shape index (κ2) is 5.64. The number of rotatable bonds is 2. The highest BCUT2D eigenvalue weighted by atomic mass is 16.3. The molecule has 0 bridgehead atoms. The van der Waals surface area contributed by atoms with Gasteiger partial charge in [-0.15, -0.1) is 0 Å². The van der Waals surface area contributed by atoms with Gasteiger partial charge >= 0.3 is 0 Å². The van der Waals surface area contributed by atoms with Crippen LogP contribution in [0.2, 0.25) is 0 Å². The third kappa shape index (κ3) is 2.62. The molecule has 1 aromatic heterocycles. The van der Waals surface area contributed by atoms with Crippen LogP contribution in [0.5, 0.6) is 0 Å². The van der Waals surface area contributed by atoms with Crippen LogP contribution in [0.3, 0.4) is 0 Å². The Bertz CT molecular complexity index is 534. The fourth-order valence-electron chi connectivity index (χ4n) is 3.71. The van der Waals surface area contributed by atoms with Crippen LogP contribution in [-0.4, -0.2) is 46.6 Å². The monoisotopic (exact) mass is 289 g/mol. The number of aliphatic hydroxyl groups is 1. The molecule has 2 fully saturated rings. The highest BCUT2D eigenvalue weighted by molar-refractivity contribution is 5.99. The first-order valence-electron chi connectivity index (χ1n) is 7.77. The van der Waals surface area contributed by atoms with E-state index in [1.807, 2.05) is 4.90 Å². The summed E-state index contributed by atoms with van der Waals surface area (Å²) < 4.78 is 0. The number of carbonyl (C=O) groups is 1. The Kier molecular flexibility index (Phi) is 3.85. The lowest BCUT2D eigenvalue weighted by Crippen LogP contribution is -2.54. The van der Waals surface area contributed by atoms with Gasteiger partial charge in [-0.25, -0.2) is 0 Å². The molecule has 1 saturated carbocycles. The summed E-state index contributed by atoms with van der Waals surface area (Å²) in [5.74, 6) is 0.262. The summed E-state index contributed by atoms with van der Waals surface area (Å²) in [4.78, 5) is 18.7. The largest absolute Gasteiger partial charge is 0.389 e. The fourth-order valence-corrected chi connectivity index (χ4v) is 3.71. The molecule has 5 heteroatoms. The summed E-state index contributed by atoms with van der Waals surface area (Å²) in [6.07, 6.45) is 8.19. The number of nitrogens with one attached hydrogen (secondary N) is 1. The molecule has 1 aromatic rings. The van der Waals surface area contributed by atoms with E-state index in [0.29, 0.717) is 25.1 Å². The van der Waals surface area contributed by atoms with Gasteiger partial charge in [0.25, 0.3) is 5.91 Å². The molecule has 3 rings (SSSR count).